The monoisotopic (exact) mass is 348 g/mol. The highest BCUT2D eigenvalue weighted by atomic mass is 16.6. The Morgan fingerprint density at radius 2 is 2.04 bits per heavy atom. The van der Waals surface area contributed by atoms with Gasteiger partial charge >= 0.3 is 0 Å². The molecule has 0 fully saturated rings. The van der Waals surface area contributed by atoms with Crippen LogP contribution in [-0.4, -0.2) is 31.1 Å². The van der Waals surface area contributed by atoms with Gasteiger partial charge < -0.3 is 19.7 Å². The van der Waals surface area contributed by atoms with Crippen molar-refractivity contribution in [3.8, 4) is 23.8 Å². The lowest BCUT2D eigenvalue weighted by atomic mass is 10.0. The number of fused-ring (bicyclic) bond motifs is 1. The van der Waals surface area contributed by atoms with Crippen LogP contribution in [0.2, 0.25) is 0 Å². The summed E-state index contributed by atoms with van der Waals surface area (Å²) in [4.78, 5) is 14.5. The Hall–Kier alpha value is -3.39. The summed E-state index contributed by atoms with van der Waals surface area (Å²) in [6.07, 6.45) is 11.2. The summed E-state index contributed by atoms with van der Waals surface area (Å²) < 4.78 is 11.0. The minimum Gasteiger partial charge on any atom is -0.486 e. The number of nitrogens with zero attached hydrogens (tertiary/aromatic N) is 1. The third-order valence-corrected chi connectivity index (χ3v) is 4.23. The molecule has 3 rings (SSSR count). The van der Waals surface area contributed by atoms with E-state index in [4.69, 9.17) is 15.9 Å². The maximum Gasteiger partial charge on any atom is 0.255 e. The maximum absolute atomic E-state index is 12.7. The molecule has 5 nitrogen and oxygen atoms in total. The topological polar surface area (TPSA) is 50.8 Å². The van der Waals surface area contributed by atoms with Crippen molar-refractivity contribution in [2.24, 2.45) is 0 Å². The highest BCUT2D eigenvalue weighted by Crippen LogP contribution is 2.31. The van der Waals surface area contributed by atoms with E-state index >= 15 is 0 Å². The maximum atomic E-state index is 12.7. The van der Waals surface area contributed by atoms with E-state index in [2.05, 4.69) is 17.8 Å². The van der Waals surface area contributed by atoms with Crippen molar-refractivity contribution < 1.29 is 14.3 Å². The molecule has 26 heavy (non-hydrogen) atoms. The van der Waals surface area contributed by atoms with Gasteiger partial charge in [-0.3, -0.25) is 4.79 Å². The third-order valence-electron chi connectivity index (χ3n) is 4.23. The number of carbonyl (C=O) groups excluding carboxylic acids is 1. The molecule has 2 aliphatic heterocycles. The standard InChI is InChI=1S/C21H20N2O3/c1-5-17(16-9-7-14(3)23(4)18(16)6-2)22-21(24)15-8-10-19-20(13-15)26-12-11-25-19/h2,5,7-10,13H,3,11-12H2,1,4H3,(H,22,24)/b17-5+. The summed E-state index contributed by atoms with van der Waals surface area (Å²) in [5.74, 6) is 3.63. The normalized spacial score (nSPS) is 16.4. The third kappa shape index (κ3) is 3.22. The molecular weight excluding hydrogens is 328 g/mol. The highest BCUT2D eigenvalue weighted by molar-refractivity contribution is 5.96. The number of carbonyl (C=O) groups is 1. The van der Waals surface area contributed by atoms with Crippen LogP contribution < -0.4 is 14.8 Å². The highest BCUT2D eigenvalue weighted by Gasteiger charge is 2.20. The second-order valence-electron chi connectivity index (χ2n) is 5.81. The van der Waals surface area contributed by atoms with E-state index in [1.54, 1.807) is 18.2 Å². The van der Waals surface area contributed by atoms with Crippen LogP contribution in [0.3, 0.4) is 0 Å². The Kier molecular flexibility index (Phi) is 4.85. The van der Waals surface area contributed by atoms with Gasteiger partial charge in [0.1, 0.15) is 18.9 Å². The largest absolute Gasteiger partial charge is 0.486 e. The van der Waals surface area contributed by atoms with Crippen LogP contribution in [0.25, 0.3) is 0 Å². The number of allylic oxidation sites excluding steroid dienone is 4. The van der Waals surface area contributed by atoms with Crippen molar-refractivity contribution in [1.29, 1.82) is 0 Å². The molecule has 0 radical (unpaired) electrons. The van der Waals surface area contributed by atoms with E-state index in [0.29, 0.717) is 41.7 Å². The van der Waals surface area contributed by atoms with Gasteiger partial charge in [0, 0.05) is 29.6 Å². The van der Waals surface area contributed by atoms with E-state index in [1.165, 1.54) is 0 Å². The van der Waals surface area contributed by atoms with Crippen molar-refractivity contribution in [2.45, 2.75) is 6.92 Å². The van der Waals surface area contributed by atoms with Crippen LogP contribution >= 0.6 is 0 Å². The van der Waals surface area contributed by atoms with Crippen molar-refractivity contribution in [3.63, 3.8) is 0 Å². The number of terminal acetylenes is 1. The average Bonchev–Trinajstić information content (AvgIpc) is 2.67. The zero-order valence-corrected chi connectivity index (χ0v) is 14.8. The Morgan fingerprint density at radius 3 is 2.73 bits per heavy atom. The predicted octanol–water partition coefficient (Wildman–Crippen LogP) is 2.99. The fourth-order valence-electron chi connectivity index (χ4n) is 2.76. The zero-order chi connectivity index (χ0) is 18.7. The first kappa shape index (κ1) is 17.4. The number of nitrogens with one attached hydrogen (secondary N) is 1. The van der Waals surface area contributed by atoms with Crippen LogP contribution in [0.5, 0.6) is 11.5 Å². The Bertz CT molecular complexity index is 900. The van der Waals surface area contributed by atoms with E-state index < -0.39 is 0 Å². The first-order valence-electron chi connectivity index (χ1n) is 8.24. The second-order valence-corrected chi connectivity index (χ2v) is 5.81. The first-order chi connectivity index (χ1) is 12.5. The van der Waals surface area contributed by atoms with Gasteiger partial charge in [-0.1, -0.05) is 18.6 Å². The van der Waals surface area contributed by atoms with Gasteiger partial charge in [-0.05, 0) is 37.3 Å². The lowest BCUT2D eigenvalue weighted by Crippen LogP contribution is -2.27. The van der Waals surface area contributed by atoms with Gasteiger partial charge in [0.05, 0.1) is 0 Å². The molecule has 0 spiro atoms. The molecule has 0 aliphatic carbocycles. The van der Waals surface area contributed by atoms with Crippen molar-refractivity contribution in [3.05, 3.63) is 71.2 Å². The number of hydrogen-bond acceptors (Lipinski definition) is 4. The van der Waals surface area contributed by atoms with Gasteiger partial charge in [0.25, 0.3) is 5.91 Å². The Morgan fingerprint density at radius 1 is 1.31 bits per heavy atom. The van der Waals surface area contributed by atoms with Crippen molar-refractivity contribution in [1.82, 2.24) is 10.2 Å². The molecule has 1 aromatic rings. The first-order valence-corrected chi connectivity index (χ1v) is 8.24. The predicted molar refractivity (Wildman–Crippen MR) is 101 cm³/mol. The number of ether oxygens (including phenoxy) is 2. The van der Waals surface area contributed by atoms with Crippen molar-refractivity contribution >= 4 is 5.91 Å². The van der Waals surface area contributed by atoms with E-state index in [1.807, 2.05) is 37.1 Å². The lowest BCUT2D eigenvalue weighted by molar-refractivity contribution is 0.0965. The smallest absolute Gasteiger partial charge is 0.255 e. The molecule has 1 aromatic carbocycles. The molecule has 1 amide bonds. The summed E-state index contributed by atoms with van der Waals surface area (Å²) in [6, 6.07) is 5.12. The summed E-state index contributed by atoms with van der Waals surface area (Å²) >= 11 is 0. The van der Waals surface area contributed by atoms with Crippen LogP contribution in [0, 0.1) is 12.3 Å². The van der Waals surface area contributed by atoms with Crippen LogP contribution in [0.15, 0.2) is 65.7 Å². The van der Waals surface area contributed by atoms with Crippen LogP contribution in [-0.2, 0) is 0 Å². The molecule has 0 saturated carbocycles. The minimum absolute atomic E-state index is 0.251. The molecular formula is C21H20N2O3. The SMILES string of the molecule is C#CC1=C(/C(=C\C)NC(=O)c2ccc3c(c2)OCCO3)C=CC(=C)N1C. The molecule has 0 atom stereocenters. The molecule has 132 valence electrons. The second kappa shape index (κ2) is 7.24. The fraction of sp³-hybridized carbons (Fsp3) is 0.190. The number of hydrogen-bond donors (Lipinski definition) is 1. The van der Waals surface area contributed by atoms with Gasteiger partial charge in [0.15, 0.2) is 11.5 Å². The van der Waals surface area contributed by atoms with Crippen molar-refractivity contribution in [2.75, 3.05) is 20.3 Å². The molecule has 0 aromatic heterocycles. The van der Waals surface area contributed by atoms with E-state index in [0.717, 1.165) is 11.3 Å². The van der Waals surface area contributed by atoms with E-state index in [-0.39, 0.29) is 5.91 Å². The number of likely N-dealkylation sites (N-methyl/N-ethyl adjacent to an activating group) is 1. The minimum atomic E-state index is -0.251. The summed E-state index contributed by atoms with van der Waals surface area (Å²) in [6.45, 7) is 6.76. The zero-order valence-electron chi connectivity index (χ0n) is 14.8. The molecule has 2 heterocycles. The van der Waals surface area contributed by atoms with Gasteiger partial charge in [-0.2, -0.15) is 0 Å². The molecule has 5 heteroatoms. The number of rotatable bonds is 3. The molecule has 0 bridgehead atoms. The summed E-state index contributed by atoms with van der Waals surface area (Å²) in [5, 5.41) is 2.92. The number of amides is 1. The number of benzene rings is 1. The van der Waals surface area contributed by atoms with Crippen LogP contribution in [0.1, 0.15) is 17.3 Å². The van der Waals surface area contributed by atoms with Crippen LogP contribution in [0.4, 0.5) is 0 Å². The molecule has 0 unspecified atom stereocenters. The Balaban J connectivity index is 1.86. The van der Waals surface area contributed by atoms with Gasteiger partial charge in [0.2, 0.25) is 0 Å². The quantitative estimate of drug-likeness (QED) is 0.853. The molecule has 0 saturated heterocycles. The average molecular weight is 348 g/mol. The van der Waals surface area contributed by atoms with E-state index in [9.17, 15) is 4.79 Å². The molecule has 2 aliphatic rings. The van der Waals surface area contributed by atoms with Gasteiger partial charge in [-0.15, -0.1) is 6.42 Å². The van der Waals surface area contributed by atoms with Gasteiger partial charge in [-0.25, -0.2) is 0 Å². The Labute approximate surface area is 153 Å². The summed E-state index contributed by atoms with van der Waals surface area (Å²) in [5.41, 5.74) is 3.31. The lowest BCUT2D eigenvalue weighted by Gasteiger charge is -2.26. The molecule has 1 N–H and O–H groups in total. The summed E-state index contributed by atoms with van der Waals surface area (Å²) in [7, 11) is 1.84. The fourth-order valence-corrected chi connectivity index (χ4v) is 2.76.